The van der Waals surface area contributed by atoms with E-state index in [-0.39, 0.29) is 12.5 Å². The molecule has 2 aromatic carbocycles. The molecule has 0 atom stereocenters. The number of amides is 1. The summed E-state index contributed by atoms with van der Waals surface area (Å²) in [5.41, 5.74) is 1.68. The van der Waals surface area contributed by atoms with Crippen molar-refractivity contribution in [3.8, 4) is 5.75 Å². The molecule has 0 radical (unpaired) electrons. The van der Waals surface area contributed by atoms with Gasteiger partial charge >= 0.3 is 0 Å². The minimum Gasteiger partial charge on any atom is -0.497 e. The highest BCUT2D eigenvalue weighted by Crippen LogP contribution is 2.27. The van der Waals surface area contributed by atoms with Gasteiger partial charge in [0.05, 0.1) is 12.8 Å². The molecular formula is C16H14N2O2S. The van der Waals surface area contributed by atoms with Gasteiger partial charge in [0, 0.05) is 5.69 Å². The lowest BCUT2D eigenvalue weighted by Gasteiger charge is -2.20. The van der Waals surface area contributed by atoms with Crippen LogP contribution >= 0.6 is 12.2 Å². The minimum atomic E-state index is -0.0333. The van der Waals surface area contributed by atoms with Gasteiger partial charge in [0.25, 0.3) is 5.91 Å². The van der Waals surface area contributed by atoms with Crippen LogP contribution in [0.2, 0.25) is 0 Å². The van der Waals surface area contributed by atoms with Crippen molar-refractivity contribution in [2.45, 2.75) is 0 Å². The van der Waals surface area contributed by atoms with Gasteiger partial charge in [0.2, 0.25) is 0 Å². The third kappa shape index (κ3) is 2.48. The largest absolute Gasteiger partial charge is 0.497 e. The molecule has 106 valence electrons. The number of para-hydroxylation sites is 1. The normalized spacial score (nSPS) is 14.7. The number of hydrogen-bond donors (Lipinski definition) is 0. The number of hydrogen-bond acceptors (Lipinski definition) is 3. The van der Waals surface area contributed by atoms with E-state index in [0.29, 0.717) is 5.11 Å². The van der Waals surface area contributed by atoms with Crippen molar-refractivity contribution >= 4 is 34.6 Å². The number of ether oxygens (including phenoxy) is 1. The van der Waals surface area contributed by atoms with E-state index >= 15 is 0 Å². The van der Waals surface area contributed by atoms with E-state index < -0.39 is 0 Å². The number of rotatable bonds is 3. The second-order valence-electron chi connectivity index (χ2n) is 4.63. The highest BCUT2D eigenvalue weighted by Gasteiger charge is 2.34. The van der Waals surface area contributed by atoms with E-state index in [1.165, 1.54) is 0 Å². The van der Waals surface area contributed by atoms with Crippen LogP contribution in [-0.2, 0) is 4.79 Å². The van der Waals surface area contributed by atoms with Gasteiger partial charge in [-0.05, 0) is 48.6 Å². The Bertz CT molecular complexity index is 670. The van der Waals surface area contributed by atoms with Crippen LogP contribution in [0.5, 0.6) is 5.75 Å². The van der Waals surface area contributed by atoms with E-state index in [4.69, 9.17) is 17.0 Å². The van der Waals surface area contributed by atoms with Gasteiger partial charge in [-0.15, -0.1) is 0 Å². The fourth-order valence-electron chi connectivity index (χ4n) is 2.30. The Balaban J connectivity index is 1.90. The lowest BCUT2D eigenvalue weighted by Crippen LogP contribution is -2.32. The first-order valence-electron chi connectivity index (χ1n) is 6.54. The zero-order chi connectivity index (χ0) is 14.8. The van der Waals surface area contributed by atoms with E-state index in [9.17, 15) is 4.79 Å². The summed E-state index contributed by atoms with van der Waals surface area (Å²) < 4.78 is 5.13. The summed E-state index contributed by atoms with van der Waals surface area (Å²) in [4.78, 5) is 15.7. The molecule has 1 fully saturated rings. The number of methoxy groups -OCH3 is 1. The summed E-state index contributed by atoms with van der Waals surface area (Å²) >= 11 is 5.46. The van der Waals surface area contributed by atoms with E-state index in [0.717, 1.165) is 17.1 Å². The molecule has 1 amide bonds. The molecule has 3 rings (SSSR count). The van der Waals surface area contributed by atoms with Gasteiger partial charge in [0.15, 0.2) is 5.11 Å². The summed E-state index contributed by atoms with van der Waals surface area (Å²) in [7, 11) is 1.61. The molecule has 1 aliphatic rings. The maximum absolute atomic E-state index is 12.3. The molecule has 0 unspecified atom stereocenters. The Labute approximate surface area is 128 Å². The van der Waals surface area contributed by atoms with Gasteiger partial charge in [-0.2, -0.15) is 0 Å². The van der Waals surface area contributed by atoms with Gasteiger partial charge in [-0.25, -0.2) is 0 Å². The fraction of sp³-hybridized carbons (Fsp3) is 0.125. The highest BCUT2D eigenvalue weighted by molar-refractivity contribution is 7.81. The van der Waals surface area contributed by atoms with Crippen molar-refractivity contribution in [3.05, 3.63) is 54.6 Å². The minimum absolute atomic E-state index is 0.0333. The van der Waals surface area contributed by atoms with Crippen LogP contribution in [0.3, 0.4) is 0 Å². The molecule has 0 aliphatic carbocycles. The van der Waals surface area contributed by atoms with Crippen molar-refractivity contribution in [2.24, 2.45) is 0 Å². The fourth-order valence-corrected chi connectivity index (χ4v) is 2.67. The Morgan fingerprint density at radius 1 is 1.00 bits per heavy atom. The first-order chi connectivity index (χ1) is 10.2. The van der Waals surface area contributed by atoms with Crippen molar-refractivity contribution in [1.82, 2.24) is 0 Å². The number of nitrogens with zero attached hydrogens (tertiary/aromatic N) is 2. The Morgan fingerprint density at radius 2 is 1.67 bits per heavy atom. The monoisotopic (exact) mass is 298 g/mol. The van der Waals surface area contributed by atoms with Crippen LogP contribution in [0.15, 0.2) is 54.6 Å². The molecule has 1 heterocycles. The topological polar surface area (TPSA) is 32.8 Å². The van der Waals surface area contributed by atoms with Crippen LogP contribution in [0.4, 0.5) is 11.4 Å². The second-order valence-corrected chi connectivity index (χ2v) is 5.00. The predicted octanol–water partition coefficient (Wildman–Crippen LogP) is 2.83. The molecule has 4 nitrogen and oxygen atoms in total. The average Bonchev–Trinajstić information content (AvgIpc) is 2.83. The number of anilines is 2. The third-order valence-electron chi connectivity index (χ3n) is 3.36. The number of benzene rings is 2. The van der Waals surface area contributed by atoms with E-state index in [1.54, 1.807) is 12.0 Å². The molecule has 1 aliphatic heterocycles. The van der Waals surface area contributed by atoms with Gasteiger partial charge in [0.1, 0.15) is 12.3 Å². The summed E-state index contributed by atoms with van der Waals surface area (Å²) in [6, 6.07) is 17.0. The van der Waals surface area contributed by atoms with Crippen LogP contribution in [0.1, 0.15) is 0 Å². The quantitative estimate of drug-likeness (QED) is 0.816. The van der Waals surface area contributed by atoms with Gasteiger partial charge in [-0.1, -0.05) is 18.2 Å². The summed E-state index contributed by atoms with van der Waals surface area (Å²) in [5, 5.41) is 0.497. The first-order valence-corrected chi connectivity index (χ1v) is 6.95. The van der Waals surface area contributed by atoms with Crippen molar-refractivity contribution in [1.29, 1.82) is 0 Å². The molecule has 0 aromatic heterocycles. The van der Waals surface area contributed by atoms with Gasteiger partial charge in [-0.3, -0.25) is 9.69 Å². The number of thiocarbonyl (C=S) groups is 1. The molecule has 0 saturated carbocycles. The molecule has 5 heteroatoms. The smallest absolute Gasteiger partial charge is 0.253 e. The standard InChI is InChI=1S/C16H14N2O2S/c1-20-14-9-7-13(8-10-14)18-15(19)11-17(16(18)21)12-5-3-2-4-6-12/h2-10H,11H2,1H3. The predicted molar refractivity (Wildman–Crippen MR) is 86.9 cm³/mol. The third-order valence-corrected chi connectivity index (χ3v) is 3.77. The summed E-state index contributed by atoms with van der Waals surface area (Å²) in [6.07, 6.45) is 0. The molecule has 0 N–H and O–H groups in total. The molecule has 21 heavy (non-hydrogen) atoms. The molecule has 1 saturated heterocycles. The van der Waals surface area contributed by atoms with Crippen LogP contribution in [0, 0.1) is 0 Å². The SMILES string of the molecule is COc1ccc(N2C(=O)CN(c3ccccc3)C2=S)cc1. The van der Waals surface area contributed by atoms with Crippen molar-refractivity contribution in [3.63, 3.8) is 0 Å². The van der Waals surface area contributed by atoms with E-state index in [2.05, 4.69) is 0 Å². The maximum Gasteiger partial charge on any atom is 0.253 e. The van der Waals surface area contributed by atoms with Crippen LogP contribution in [-0.4, -0.2) is 24.7 Å². The molecule has 2 aromatic rings. The van der Waals surface area contributed by atoms with Crippen molar-refractivity contribution < 1.29 is 9.53 Å². The Kier molecular flexibility index (Phi) is 3.58. The van der Waals surface area contributed by atoms with E-state index in [1.807, 2.05) is 59.5 Å². The maximum atomic E-state index is 12.3. The lowest BCUT2D eigenvalue weighted by molar-refractivity contribution is -0.115. The average molecular weight is 298 g/mol. The van der Waals surface area contributed by atoms with Crippen LogP contribution < -0.4 is 14.5 Å². The number of carbonyl (C=O) groups is 1. The lowest BCUT2D eigenvalue weighted by atomic mass is 10.3. The Hall–Kier alpha value is -2.40. The highest BCUT2D eigenvalue weighted by atomic mass is 32.1. The Morgan fingerprint density at radius 3 is 2.29 bits per heavy atom. The first kappa shape index (κ1) is 13.6. The zero-order valence-corrected chi connectivity index (χ0v) is 12.3. The summed E-state index contributed by atoms with van der Waals surface area (Å²) in [6.45, 7) is 0.259. The molecule has 0 bridgehead atoms. The van der Waals surface area contributed by atoms with Crippen molar-refractivity contribution in [2.75, 3.05) is 23.5 Å². The zero-order valence-electron chi connectivity index (χ0n) is 11.5. The molecular weight excluding hydrogens is 284 g/mol. The molecule has 0 spiro atoms. The number of carbonyl (C=O) groups excluding carboxylic acids is 1. The second kappa shape index (κ2) is 5.54. The van der Waals surface area contributed by atoms with Crippen LogP contribution in [0.25, 0.3) is 0 Å². The summed E-state index contributed by atoms with van der Waals surface area (Å²) in [5.74, 6) is 0.713. The van der Waals surface area contributed by atoms with Gasteiger partial charge < -0.3 is 9.64 Å².